The van der Waals surface area contributed by atoms with Crippen LogP contribution in [-0.2, 0) is 34.2 Å². The Morgan fingerprint density at radius 1 is 0.720 bits per heavy atom. The van der Waals surface area contributed by atoms with Crippen molar-refractivity contribution in [2.24, 2.45) is 41.4 Å². The molecule has 3 rings (SSSR count). The van der Waals surface area contributed by atoms with Crippen molar-refractivity contribution in [3.63, 3.8) is 0 Å². The highest BCUT2D eigenvalue weighted by molar-refractivity contribution is 7.99. The monoisotopic (exact) mass is 1100 g/mol. The number of hydrogen-bond donors (Lipinski definition) is 0. The lowest BCUT2D eigenvalue weighted by Gasteiger charge is -2.50. The molecule has 11 heteroatoms. The van der Waals surface area contributed by atoms with Gasteiger partial charge in [0.15, 0.2) is 25.0 Å². The van der Waals surface area contributed by atoms with E-state index in [2.05, 4.69) is 211 Å². The Balaban J connectivity index is 2.01. The van der Waals surface area contributed by atoms with E-state index >= 15 is 0 Å². The molecule has 0 saturated carbocycles. The van der Waals surface area contributed by atoms with Crippen LogP contribution in [0.5, 0.6) is 5.75 Å². The Morgan fingerprint density at radius 2 is 1.27 bits per heavy atom. The van der Waals surface area contributed by atoms with E-state index in [9.17, 15) is 4.79 Å². The van der Waals surface area contributed by atoms with Crippen LogP contribution in [0.15, 0.2) is 108 Å². The molecule has 0 bridgehead atoms. The number of ketones is 1. The first-order valence-corrected chi connectivity index (χ1v) is 37.9. The number of carbonyl (C=O) groups excluding carboxylic acids is 1. The van der Waals surface area contributed by atoms with E-state index < -0.39 is 25.0 Å². The number of carbonyl (C=O) groups is 1. The first kappa shape index (κ1) is 66.9. The van der Waals surface area contributed by atoms with Crippen molar-refractivity contribution < 1.29 is 32.3 Å². The summed E-state index contributed by atoms with van der Waals surface area (Å²) in [6.07, 6.45) is 13.7. The fourth-order valence-electron chi connectivity index (χ4n) is 9.44. The average molecular weight is 1110 g/mol. The zero-order chi connectivity index (χ0) is 57.1. The fourth-order valence-corrected chi connectivity index (χ4v) is 14.8. The van der Waals surface area contributed by atoms with Gasteiger partial charge < -0.3 is 27.5 Å². The summed E-state index contributed by atoms with van der Waals surface area (Å²) in [6, 6.07) is 18.6. The number of benzene rings is 2. The molecule has 0 unspecified atom stereocenters. The molecule has 424 valence electrons. The number of Topliss-reactive ketones (excluding diaryl/α,β-unsaturated/α-hetero) is 1. The highest BCUT2D eigenvalue weighted by Gasteiger charge is 2.49. The third-order valence-corrected chi connectivity index (χ3v) is 32.3. The van der Waals surface area contributed by atoms with Gasteiger partial charge in [-0.1, -0.05) is 201 Å². The van der Waals surface area contributed by atoms with E-state index in [1.807, 2.05) is 49.0 Å². The molecule has 75 heavy (non-hydrogen) atoms. The maximum Gasteiger partial charge on any atom is 0.192 e. The van der Waals surface area contributed by atoms with Gasteiger partial charge in [-0.05, 0) is 109 Å². The number of hydrogen-bond acceptors (Lipinski definition) is 8. The summed E-state index contributed by atoms with van der Waals surface area (Å²) < 4.78 is 41.6. The van der Waals surface area contributed by atoms with Gasteiger partial charge in [-0.15, -0.1) is 0 Å². The number of methoxy groups -OCH3 is 1. The molecule has 1 heterocycles. The topological polar surface area (TPSA) is 72.5 Å². The molecule has 7 nitrogen and oxygen atoms in total. The second-order valence-corrected chi connectivity index (χ2v) is 42.5. The van der Waals surface area contributed by atoms with Gasteiger partial charge in [-0.2, -0.15) is 0 Å². The third-order valence-electron chi connectivity index (χ3n) is 17.5. The van der Waals surface area contributed by atoms with Gasteiger partial charge in [0.2, 0.25) is 0 Å². The SMILES string of the molecule is C=C/C=C\[C@@H](C)[C@@H](OCc1ccc(OC)cc1)[C@H](C)C(=O)[C@H](C)C/C(C)=C\[C@@H](C)[C@H](O[Si](C)(C)C(C)(C)C)[C@H](C)/C=C\[C@@H](C[C@H]1O[C@@H](Sc2ccccc2)[C@@H](C)[C@H](O[Si](C)(C)C(C)(C)C)[C@@H]1C)O[Si](C)(C)C(C)(C)C. The van der Waals surface area contributed by atoms with Crippen LogP contribution in [0, 0.1) is 41.4 Å². The molecule has 1 aliphatic rings. The molecule has 13 atom stereocenters. The predicted octanol–water partition coefficient (Wildman–Crippen LogP) is 18.3. The minimum Gasteiger partial charge on any atom is -0.497 e. The van der Waals surface area contributed by atoms with Gasteiger partial charge in [-0.25, -0.2) is 0 Å². The van der Waals surface area contributed by atoms with Gasteiger partial charge in [0.05, 0.1) is 44.2 Å². The smallest absolute Gasteiger partial charge is 0.192 e. The number of rotatable bonds is 27. The van der Waals surface area contributed by atoms with Gasteiger partial charge in [0.1, 0.15) is 17.0 Å². The Morgan fingerprint density at radius 3 is 1.80 bits per heavy atom. The second kappa shape index (κ2) is 28.2. The lowest BCUT2D eigenvalue weighted by Crippen LogP contribution is -2.55. The molecule has 0 aliphatic carbocycles. The predicted molar refractivity (Wildman–Crippen MR) is 329 cm³/mol. The molecule has 0 amide bonds. The van der Waals surface area contributed by atoms with Gasteiger partial charge in [-0.3, -0.25) is 4.79 Å². The molecule has 0 radical (unpaired) electrons. The lowest BCUT2D eigenvalue weighted by molar-refractivity contribution is -0.134. The molecule has 1 saturated heterocycles. The molecule has 1 aliphatic heterocycles. The molecule has 2 aromatic carbocycles. The van der Waals surface area contributed by atoms with Crippen molar-refractivity contribution in [1.29, 1.82) is 0 Å². The fraction of sp³-hybridized carbons (Fsp3) is 0.672. The second-order valence-electron chi connectivity index (χ2n) is 27.0. The highest BCUT2D eigenvalue weighted by Crippen LogP contribution is 2.47. The van der Waals surface area contributed by atoms with E-state index in [1.165, 1.54) is 10.5 Å². The summed E-state index contributed by atoms with van der Waals surface area (Å²) in [6.45, 7) is 57.1. The van der Waals surface area contributed by atoms with Crippen LogP contribution in [0.1, 0.15) is 136 Å². The molecule has 2 aromatic rings. The van der Waals surface area contributed by atoms with Crippen LogP contribution in [0.2, 0.25) is 54.4 Å². The van der Waals surface area contributed by atoms with Crippen LogP contribution in [0.3, 0.4) is 0 Å². The molecular weight excluding hydrogens is 997 g/mol. The number of allylic oxidation sites excluding steroid dienone is 3. The molecule has 0 N–H and O–H groups in total. The maximum atomic E-state index is 14.4. The number of ether oxygens (including phenoxy) is 3. The standard InChI is InChI=1S/C64H108O7SSi3/c1-26-27-31-45(3)59(67-43-52-35-38-53(66-19)39-36-52)50(8)57(65)47(5)40-44(2)41-48(6)58(70-74(22,23)63(13,14)15)46(4)34-37-54(69-73(20,21)62(10,11)12)42-56-49(7)60(71-75(24,25)64(16,17)18)51(9)61(68-56)72-55-32-29-28-30-33-55/h26-39,41,45-51,54,56,58-61H,1,40,42-43H2,2-25H3/b31-27-,37-34-,44-41-/t45-,46-,47-,48-,49-,50-,51+,54+,56-,58-,59-,60-,61+/m1/s1. The van der Waals surface area contributed by atoms with Gasteiger partial charge >= 0.3 is 0 Å². The maximum absolute atomic E-state index is 14.4. The minimum absolute atomic E-state index is 0.00912. The summed E-state index contributed by atoms with van der Waals surface area (Å²) in [4.78, 5) is 15.6. The van der Waals surface area contributed by atoms with Crippen molar-refractivity contribution in [3.8, 4) is 5.75 Å². The summed E-state index contributed by atoms with van der Waals surface area (Å²) >= 11 is 1.82. The first-order valence-electron chi connectivity index (χ1n) is 28.3. The summed E-state index contributed by atoms with van der Waals surface area (Å²) in [5.74, 6) is 1.01. The average Bonchev–Trinajstić information content (AvgIpc) is 3.30. The normalized spacial score (nSPS) is 23.1. The van der Waals surface area contributed by atoms with Crippen molar-refractivity contribution in [2.45, 2.75) is 232 Å². The van der Waals surface area contributed by atoms with E-state index in [1.54, 1.807) is 13.2 Å². The van der Waals surface area contributed by atoms with Crippen molar-refractivity contribution in [2.75, 3.05) is 7.11 Å². The molecule has 1 fully saturated rings. The Hall–Kier alpha value is -2.33. The zero-order valence-electron chi connectivity index (χ0n) is 51.8. The van der Waals surface area contributed by atoms with E-state index in [0.29, 0.717) is 13.0 Å². The van der Waals surface area contributed by atoms with E-state index in [4.69, 9.17) is 27.5 Å². The molecular formula is C64H108O7SSi3. The summed E-state index contributed by atoms with van der Waals surface area (Å²) in [5.41, 5.74) is 2.16. The molecule has 0 aromatic heterocycles. The third kappa shape index (κ3) is 19.5. The Bertz CT molecular complexity index is 2150. The van der Waals surface area contributed by atoms with Crippen LogP contribution in [0.25, 0.3) is 0 Å². The van der Waals surface area contributed by atoms with Gasteiger partial charge in [0.25, 0.3) is 0 Å². The van der Waals surface area contributed by atoms with Crippen LogP contribution in [0.4, 0.5) is 0 Å². The van der Waals surface area contributed by atoms with Gasteiger partial charge in [0, 0.05) is 40.9 Å². The van der Waals surface area contributed by atoms with Crippen LogP contribution < -0.4 is 4.74 Å². The first-order chi connectivity index (χ1) is 34.5. The summed E-state index contributed by atoms with van der Waals surface area (Å²) in [5, 5.41) is 0.119. The number of thioether (sulfide) groups is 1. The molecule has 0 spiro atoms. The lowest BCUT2D eigenvalue weighted by atomic mass is 9.82. The largest absolute Gasteiger partial charge is 0.497 e. The van der Waals surface area contributed by atoms with Crippen molar-refractivity contribution >= 4 is 42.5 Å². The van der Waals surface area contributed by atoms with Crippen LogP contribution in [-0.4, -0.2) is 73.8 Å². The van der Waals surface area contributed by atoms with E-state index in [0.717, 1.165) is 17.7 Å². The minimum atomic E-state index is -2.25. The quantitative estimate of drug-likeness (QED) is 0.0498. The summed E-state index contributed by atoms with van der Waals surface area (Å²) in [7, 11) is -4.94. The zero-order valence-corrected chi connectivity index (χ0v) is 55.6. The van der Waals surface area contributed by atoms with E-state index in [-0.39, 0.29) is 98.3 Å². The van der Waals surface area contributed by atoms with Crippen molar-refractivity contribution in [1.82, 2.24) is 0 Å². The highest BCUT2D eigenvalue weighted by atomic mass is 32.2. The Labute approximate surface area is 467 Å². The Kier molecular flexibility index (Phi) is 25.2. The van der Waals surface area contributed by atoms with Crippen molar-refractivity contribution in [3.05, 3.63) is 109 Å². The van der Waals surface area contributed by atoms with Crippen LogP contribution >= 0.6 is 11.8 Å².